The Hall–Kier alpha value is -1.04. The fraction of sp³-hybridized carbons (Fsp3) is 0.640. The summed E-state index contributed by atoms with van der Waals surface area (Å²) in [7, 11) is 0. The molecule has 3 unspecified atom stereocenters. The van der Waals surface area contributed by atoms with Crippen LogP contribution in [0.3, 0.4) is 0 Å². The van der Waals surface area contributed by atoms with E-state index < -0.39 is 0 Å². The first-order valence-electron chi connectivity index (χ1n) is 10.7. The highest BCUT2D eigenvalue weighted by molar-refractivity contribution is 5.49. The third-order valence-corrected chi connectivity index (χ3v) is 7.15. The number of benzene rings is 1. The van der Waals surface area contributed by atoms with Gasteiger partial charge in [0.15, 0.2) is 0 Å². The Labute approximate surface area is 156 Å². The van der Waals surface area contributed by atoms with Gasteiger partial charge in [0, 0.05) is 0 Å². The molecule has 0 heterocycles. The van der Waals surface area contributed by atoms with Crippen molar-refractivity contribution in [1.29, 1.82) is 0 Å². The third kappa shape index (κ3) is 4.78. The number of allylic oxidation sites excluding steroid dienone is 1. The van der Waals surface area contributed by atoms with Crippen molar-refractivity contribution in [2.75, 3.05) is 0 Å². The summed E-state index contributed by atoms with van der Waals surface area (Å²) in [6.45, 7) is 6.81. The average Bonchev–Trinajstić information content (AvgIpc) is 2.65. The first kappa shape index (κ1) is 18.7. The maximum absolute atomic E-state index is 2.48. The fourth-order valence-electron chi connectivity index (χ4n) is 5.51. The van der Waals surface area contributed by atoms with Gasteiger partial charge in [-0.2, -0.15) is 13.3 Å². The first-order valence-corrected chi connectivity index (χ1v) is 10.7. The molecule has 2 aliphatic rings. The van der Waals surface area contributed by atoms with E-state index in [2.05, 4.69) is 63.6 Å². The molecular weight excluding hydrogens is 300 g/mol. The van der Waals surface area contributed by atoms with Gasteiger partial charge in [-0.1, -0.05) is 55.7 Å². The maximum Gasteiger partial charge on any atom is -0.0162 e. The van der Waals surface area contributed by atoms with Crippen LogP contribution in [0.2, 0.25) is 0 Å². The molecule has 0 amide bonds. The summed E-state index contributed by atoms with van der Waals surface area (Å²) in [6, 6.07) is 9.32. The molecule has 0 bridgehead atoms. The highest BCUT2D eigenvalue weighted by Crippen LogP contribution is 2.46. The van der Waals surface area contributed by atoms with E-state index in [0.717, 1.165) is 29.6 Å². The van der Waals surface area contributed by atoms with Gasteiger partial charge in [0.25, 0.3) is 0 Å². The van der Waals surface area contributed by atoms with Gasteiger partial charge in [-0.3, -0.25) is 0 Å². The lowest BCUT2D eigenvalue weighted by Gasteiger charge is -2.42. The minimum absolute atomic E-state index is 0.804. The summed E-state index contributed by atoms with van der Waals surface area (Å²) in [5.74, 6) is 4.72. The summed E-state index contributed by atoms with van der Waals surface area (Å²) in [5.41, 5.74) is 2.90. The van der Waals surface area contributed by atoms with Crippen LogP contribution < -0.4 is 0 Å². The lowest BCUT2D eigenvalue weighted by atomic mass is 9.65. The topological polar surface area (TPSA) is 0 Å². The van der Waals surface area contributed by atoms with Crippen molar-refractivity contribution in [1.82, 2.24) is 0 Å². The van der Waals surface area contributed by atoms with E-state index in [4.69, 9.17) is 0 Å². The van der Waals surface area contributed by atoms with Gasteiger partial charge >= 0.3 is 0 Å². The van der Waals surface area contributed by atoms with Crippen molar-refractivity contribution >= 4 is 6.08 Å². The summed E-state index contributed by atoms with van der Waals surface area (Å²) in [5, 5.41) is 0. The molecule has 3 rings (SSSR count). The van der Waals surface area contributed by atoms with Crippen LogP contribution in [-0.2, 0) is 0 Å². The molecular formula is C25H37-. The second-order valence-corrected chi connectivity index (χ2v) is 8.73. The predicted octanol–water partition coefficient (Wildman–Crippen LogP) is 7.66. The number of rotatable bonds is 5. The summed E-state index contributed by atoms with van der Waals surface area (Å²) >= 11 is 0. The van der Waals surface area contributed by atoms with E-state index in [9.17, 15) is 0 Å². The Kier molecular flexibility index (Phi) is 6.79. The zero-order valence-electron chi connectivity index (χ0n) is 16.6. The Morgan fingerprint density at radius 1 is 0.960 bits per heavy atom. The lowest BCUT2D eigenvalue weighted by molar-refractivity contribution is 0.117. The van der Waals surface area contributed by atoms with Crippen LogP contribution in [0.25, 0.3) is 6.08 Å². The Morgan fingerprint density at radius 2 is 1.64 bits per heavy atom. The van der Waals surface area contributed by atoms with E-state index in [1.54, 1.807) is 5.56 Å². The second kappa shape index (κ2) is 9.06. The third-order valence-electron chi connectivity index (χ3n) is 7.15. The zero-order chi connectivity index (χ0) is 17.6. The van der Waals surface area contributed by atoms with E-state index in [1.807, 2.05) is 0 Å². The molecule has 0 spiro atoms. The predicted molar refractivity (Wildman–Crippen MR) is 110 cm³/mol. The molecule has 1 aromatic carbocycles. The fourth-order valence-corrected chi connectivity index (χ4v) is 5.51. The van der Waals surface area contributed by atoms with Gasteiger partial charge < -0.3 is 6.42 Å². The van der Waals surface area contributed by atoms with E-state index in [0.29, 0.717) is 0 Å². The molecule has 0 aliphatic heterocycles. The Morgan fingerprint density at radius 3 is 2.28 bits per heavy atom. The van der Waals surface area contributed by atoms with Crippen molar-refractivity contribution < 1.29 is 0 Å². The number of hydrogen-bond donors (Lipinski definition) is 0. The molecule has 0 aromatic heterocycles. The van der Waals surface area contributed by atoms with Gasteiger partial charge in [-0.05, 0) is 80.2 Å². The highest BCUT2D eigenvalue weighted by Gasteiger charge is 2.33. The van der Waals surface area contributed by atoms with Crippen LogP contribution in [0.5, 0.6) is 0 Å². The van der Waals surface area contributed by atoms with Crippen molar-refractivity contribution in [3.05, 3.63) is 47.9 Å². The van der Waals surface area contributed by atoms with Crippen LogP contribution in [0.4, 0.5) is 0 Å². The molecule has 2 aliphatic carbocycles. The van der Waals surface area contributed by atoms with Crippen LogP contribution in [0.15, 0.2) is 30.3 Å². The van der Waals surface area contributed by atoms with Gasteiger partial charge in [0.05, 0.1) is 0 Å². The van der Waals surface area contributed by atoms with Crippen LogP contribution in [-0.4, -0.2) is 0 Å². The van der Waals surface area contributed by atoms with Crippen LogP contribution in [0, 0.1) is 30.1 Å². The second-order valence-electron chi connectivity index (χ2n) is 8.73. The summed E-state index contributed by atoms with van der Waals surface area (Å²) in [4.78, 5) is 0. The molecule has 2 fully saturated rings. The normalized spacial score (nSPS) is 33.6. The maximum atomic E-state index is 2.48. The van der Waals surface area contributed by atoms with Gasteiger partial charge in [-0.25, -0.2) is 0 Å². The SMILES string of the molecule is CC=Cc1ccc(C2CCC(C3CCC(C)C(C[CH-]C)C3)CC2)cc1. The van der Waals surface area contributed by atoms with Gasteiger partial charge in [0.1, 0.15) is 0 Å². The molecule has 2 saturated carbocycles. The van der Waals surface area contributed by atoms with Crippen LogP contribution in [0.1, 0.15) is 89.2 Å². The van der Waals surface area contributed by atoms with E-state index in [1.165, 1.54) is 56.9 Å². The molecule has 0 radical (unpaired) electrons. The Bertz CT molecular complexity index is 530. The minimum atomic E-state index is 0.804. The summed E-state index contributed by atoms with van der Waals surface area (Å²) in [6.07, 6.45) is 18.2. The van der Waals surface area contributed by atoms with Crippen molar-refractivity contribution in [3.8, 4) is 0 Å². The molecule has 0 saturated heterocycles. The molecule has 3 atom stereocenters. The van der Waals surface area contributed by atoms with Gasteiger partial charge in [0.2, 0.25) is 0 Å². The molecule has 138 valence electrons. The minimum Gasteiger partial charge on any atom is -0.331 e. The Balaban J connectivity index is 1.53. The van der Waals surface area contributed by atoms with Crippen molar-refractivity contribution in [2.45, 2.75) is 78.1 Å². The number of hydrogen-bond acceptors (Lipinski definition) is 0. The van der Waals surface area contributed by atoms with Crippen LogP contribution >= 0.6 is 0 Å². The molecule has 0 N–H and O–H groups in total. The summed E-state index contributed by atoms with van der Waals surface area (Å²) < 4.78 is 0. The zero-order valence-corrected chi connectivity index (χ0v) is 16.6. The standard InChI is InChI=1S/C25H37/c1-4-6-20-9-12-21(13-10-20)22-14-16-23(17-15-22)25-11-8-19(3)24(18-25)7-5-2/h4-6,9-10,12-13,19,22-25H,7-8,11,14-18H2,1-3H3/q-1. The molecule has 0 heteroatoms. The van der Waals surface area contributed by atoms with E-state index in [-0.39, 0.29) is 0 Å². The molecule has 1 aromatic rings. The lowest BCUT2D eigenvalue weighted by Crippen LogP contribution is -2.29. The van der Waals surface area contributed by atoms with E-state index >= 15 is 0 Å². The molecule has 25 heavy (non-hydrogen) atoms. The first-order chi connectivity index (χ1) is 12.2. The largest absolute Gasteiger partial charge is 0.331 e. The van der Waals surface area contributed by atoms with Crippen molar-refractivity contribution in [2.24, 2.45) is 23.7 Å². The average molecular weight is 338 g/mol. The van der Waals surface area contributed by atoms with Crippen molar-refractivity contribution in [3.63, 3.8) is 0 Å². The monoisotopic (exact) mass is 337 g/mol. The highest BCUT2D eigenvalue weighted by atomic mass is 14.4. The smallest absolute Gasteiger partial charge is 0.0162 e. The molecule has 0 nitrogen and oxygen atoms in total. The van der Waals surface area contributed by atoms with Gasteiger partial charge in [-0.15, -0.1) is 0 Å². The quantitative estimate of drug-likeness (QED) is 0.484.